The summed E-state index contributed by atoms with van der Waals surface area (Å²) in [6, 6.07) is 5.93. The lowest BCUT2D eigenvalue weighted by molar-refractivity contribution is 0.0692. The number of hydrogen-bond acceptors (Lipinski definition) is 2. The molecule has 1 aromatic carbocycles. The number of carboxylic acids is 1. The molecule has 0 amide bonds. The zero-order chi connectivity index (χ0) is 23.5. The van der Waals surface area contributed by atoms with Crippen molar-refractivity contribution in [1.29, 1.82) is 0 Å². The molecule has 1 fully saturated rings. The van der Waals surface area contributed by atoms with Crippen LogP contribution in [0.3, 0.4) is 0 Å². The lowest BCUT2D eigenvalue weighted by atomic mass is 9.64. The standard InChI is InChI=1S/C29H42O3/c1-19(2)8-10-21(4)26-14-15-27-24-13-11-22(18-25(24)28(31)32)17-23(30)12-9-20(3)7-6-16-29(26,27)5/h7-8,10-11,13,18-19,21,23,26-27,30H,6,9,12,14-17H2,1-5H3,(H,31,32)/b10-8+,20-7-/t21?,23-,26+,27?,29+/m0/s1. The minimum atomic E-state index is -0.849. The van der Waals surface area contributed by atoms with E-state index in [1.54, 1.807) is 0 Å². The number of aromatic carboxylic acids is 1. The summed E-state index contributed by atoms with van der Waals surface area (Å²) >= 11 is 0. The summed E-state index contributed by atoms with van der Waals surface area (Å²) < 4.78 is 0. The molecule has 3 aliphatic rings. The zero-order valence-corrected chi connectivity index (χ0v) is 20.6. The van der Waals surface area contributed by atoms with Gasteiger partial charge in [-0.05, 0) is 98.1 Å². The van der Waals surface area contributed by atoms with Crippen LogP contribution < -0.4 is 0 Å². The van der Waals surface area contributed by atoms with Crippen LogP contribution in [0.1, 0.15) is 101 Å². The van der Waals surface area contributed by atoms with Gasteiger partial charge < -0.3 is 10.2 Å². The molecular weight excluding hydrogens is 396 g/mol. The summed E-state index contributed by atoms with van der Waals surface area (Å²) in [4.78, 5) is 12.3. The second-order valence-electron chi connectivity index (χ2n) is 10.9. The Labute approximate surface area is 194 Å². The molecule has 3 heteroatoms. The smallest absolute Gasteiger partial charge is 0.335 e. The van der Waals surface area contributed by atoms with E-state index in [0.29, 0.717) is 36.2 Å². The molecule has 2 bridgehead atoms. The van der Waals surface area contributed by atoms with Crippen LogP contribution in [-0.2, 0) is 6.42 Å². The van der Waals surface area contributed by atoms with Gasteiger partial charge in [-0.2, -0.15) is 0 Å². The molecule has 3 nitrogen and oxygen atoms in total. The minimum Gasteiger partial charge on any atom is -0.478 e. The molecule has 0 saturated heterocycles. The van der Waals surface area contributed by atoms with Crippen LogP contribution in [0.4, 0.5) is 0 Å². The van der Waals surface area contributed by atoms with Gasteiger partial charge >= 0.3 is 5.97 Å². The monoisotopic (exact) mass is 438 g/mol. The van der Waals surface area contributed by atoms with Gasteiger partial charge in [0.05, 0.1) is 11.7 Å². The molecule has 1 saturated carbocycles. The van der Waals surface area contributed by atoms with E-state index in [0.717, 1.165) is 43.2 Å². The Kier molecular flexibility index (Phi) is 8.03. The highest BCUT2D eigenvalue weighted by molar-refractivity contribution is 5.90. The van der Waals surface area contributed by atoms with Crippen molar-refractivity contribution in [2.75, 3.05) is 0 Å². The molecule has 176 valence electrons. The van der Waals surface area contributed by atoms with Crippen molar-refractivity contribution in [2.24, 2.45) is 23.2 Å². The Morgan fingerprint density at radius 1 is 1.16 bits per heavy atom. The highest BCUT2D eigenvalue weighted by Gasteiger charge is 2.48. The number of rotatable bonds is 4. The normalized spacial score (nSPS) is 31.8. The van der Waals surface area contributed by atoms with E-state index in [-0.39, 0.29) is 11.3 Å². The Morgan fingerprint density at radius 3 is 2.59 bits per heavy atom. The van der Waals surface area contributed by atoms with Crippen molar-refractivity contribution in [1.82, 2.24) is 0 Å². The van der Waals surface area contributed by atoms with Crippen LogP contribution in [0.25, 0.3) is 0 Å². The van der Waals surface area contributed by atoms with E-state index in [1.165, 1.54) is 5.57 Å². The molecule has 0 radical (unpaired) electrons. The Hall–Kier alpha value is -1.87. The summed E-state index contributed by atoms with van der Waals surface area (Å²) in [6.07, 6.45) is 13.0. The first-order chi connectivity index (χ1) is 15.1. The predicted octanol–water partition coefficient (Wildman–Crippen LogP) is 7.16. The third kappa shape index (κ3) is 5.54. The van der Waals surface area contributed by atoms with Gasteiger partial charge in [-0.1, -0.05) is 63.6 Å². The van der Waals surface area contributed by atoms with Gasteiger partial charge in [0.2, 0.25) is 0 Å². The molecule has 32 heavy (non-hydrogen) atoms. The van der Waals surface area contributed by atoms with Gasteiger partial charge in [-0.25, -0.2) is 4.79 Å². The first-order valence-corrected chi connectivity index (χ1v) is 12.5. The fourth-order valence-corrected chi connectivity index (χ4v) is 6.25. The maximum Gasteiger partial charge on any atom is 0.335 e. The highest BCUT2D eigenvalue weighted by atomic mass is 16.4. The zero-order valence-electron chi connectivity index (χ0n) is 20.6. The number of fused-ring (bicyclic) bond motifs is 8. The second-order valence-corrected chi connectivity index (χ2v) is 10.9. The van der Waals surface area contributed by atoms with Crippen molar-refractivity contribution in [3.63, 3.8) is 0 Å². The molecule has 0 spiro atoms. The van der Waals surface area contributed by atoms with E-state index >= 15 is 0 Å². The van der Waals surface area contributed by atoms with E-state index in [2.05, 4.69) is 65.0 Å². The first kappa shape index (κ1) is 24.8. The summed E-state index contributed by atoms with van der Waals surface area (Å²) in [5.41, 5.74) is 3.73. The number of hydrogen-bond donors (Lipinski definition) is 2. The van der Waals surface area contributed by atoms with Crippen LogP contribution in [0, 0.1) is 23.2 Å². The quantitative estimate of drug-likeness (QED) is 0.490. The van der Waals surface area contributed by atoms with Crippen molar-refractivity contribution >= 4 is 5.97 Å². The lowest BCUT2D eigenvalue weighted by Crippen LogP contribution is -2.32. The highest BCUT2D eigenvalue weighted by Crippen LogP contribution is 2.58. The molecule has 2 N–H and O–H groups in total. The fourth-order valence-electron chi connectivity index (χ4n) is 6.25. The number of aliphatic hydroxyl groups excluding tert-OH is 1. The summed E-state index contributed by atoms with van der Waals surface area (Å²) in [7, 11) is 0. The molecule has 0 aromatic heterocycles. The second kappa shape index (κ2) is 10.4. The van der Waals surface area contributed by atoms with Gasteiger partial charge in [0, 0.05) is 0 Å². The summed E-state index contributed by atoms with van der Waals surface area (Å²) in [5.74, 6) is 0.937. The van der Waals surface area contributed by atoms with Crippen LogP contribution in [0.2, 0.25) is 0 Å². The Bertz CT molecular complexity index is 865. The Morgan fingerprint density at radius 2 is 1.91 bits per heavy atom. The molecule has 5 atom stereocenters. The number of benzene rings is 1. The first-order valence-electron chi connectivity index (χ1n) is 12.5. The topological polar surface area (TPSA) is 57.5 Å². The van der Waals surface area contributed by atoms with E-state index in [1.807, 2.05) is 6.07 Å². The van der Waals surface area contributed by atoms with Crippen molar-refractivity contribution in [2.45, 2.75) is 91.6 Å². The SMILES string of the molecule is C/C1=C/CC[C@@]2(C)C(CC[C@@H]2C(C)/C=C/C(C)C)c2ccc(cc2C(=O)O)C[C@@H](O)CC1. The van der Waals surface area contributed by atoms with Crippen molar-refractivity contribution in [3.05, 3.63) is 58.7 Å². The number of carboxylic acid groups (broad SMARTS) is 1. The summed E-state index contributed by atoms with van der Waals surface area (Å²) in [6.45, 7) is 11.4. The van der Waals surface area contributed by atoms with Gasteiger partial charge in [0.15, 0.2) is 0 Å². The van der Waals surface area contributed by atoms with Crippen LogP contribution in [0.15, 0.2) is 42.0 Å². The molecule has 0 aliphatic heterocycles. The number of carbonyl (C=O) groups is 1. The minimum absolute atomic E-state index is 0.0485. The summed E-state index contributed by atoms with van der Waals surface area (Å²) in [5, 5.41) is 20.6. The molecule has 1 aromatic rings. The van der Waals surface area contributed by atoms with E-state index in [4.69, 9.17) is 0 Å². The maximum absolute atomic E-state index is 12.3. The number of allylic oxidation sites excluding steroid dienone is 4. The molecule has 3 aliphatic carbocycles. The lowest BCUT2D eigenvalue weighted by Gasteiger charge is -2.40. The van der Waals surface area contributed by atoms with Crippen molar-refractivity contribution < 1.29 is 15.0 Å². The number of aliphatic hydroxyl groups is 1. The third-order valence-corrected chi connectivity index (χ3v) is 8.09. The van der Waals surface area contributed by atoms with E-state index < -0.39 is 12.1 Å². The molecule has 4 rings (SSSR count). The third-order valence-electron chi connectivity index (χ3n) is 8.09. The Balaban J connectivity index is 2.06. The average molecular weight is 439 g/mol. The molecular formula is C29H42O3. The predicted molar refractivity (Wildman–Crippen MR) is 132 cm³/mol. The average Bonchev–Trinajstić information content (AvgIpc) is 3.06. The van der Waals surface area contributed by atoms with Crippen molar-refractivity contribution in [3.8, 4) is 0 Å². The van der Waals surface area contributed by atoms with Gasteiger partial charge in [0.25, 0.3) is 0 Å². The maximum atomic E-state index is 12.3. The van der Waals surface area contributed by atoms with Crippen LogP contribution in [0.5, 0.6) is 0 Å². The van der Waals surface area contributed by atoms with Gasteiger partial charge in [-0.15, -0.1) is 0 Å². The van der Waals surface area contributed by atoms with E-state index in [9.17, 15) is 15.0 Å². The fraction of sp³-hybridized carbons (Fsp3) is 0.621. The van der Waals surface area contributed by atoms with Gasteiger partial charge in [0.1, 0.15) is 0 Å². The van der Waals surface area contributed by atoms with Crippen LogP contribution in [-0.4, -0.2) is 22.3 Å². The molecule has 2 unspecified atom stereocenters. The van der Waals surface area contributed by atoms with Crippen LogP contribution >= 0.6 is 0 Å². The molecule has 0 heterocycles. The van der Waals surface area contributed by atoms with Gasteiger partial charge in [-0.3, -0.25) is 0 Å². The largest absolute Gasteiger partial charge is 0.478 e.